The van der Waals surface area contributed by atoms with E-state index in [-0.39, 0.29) is 5.69 Å². The van der Waals surface area contributed by atoms with Crippen LogP contribution < -0.4 is 4.74 Å². The molecule has 0 unspecified atom stereocenters. The standard InChI is InChI=1S/C11H9NO3S2/c1-15-7-5-3-2-4-6(7)9-8(10(13)14)12-11(16)17-9/h2-5H,1H3,(H,12,16)(H,13,14). The van der Waals surface area contributed by atoms with Crippen molar-refractivity contribution in [3.05, 3.63) is 33.9 Å². The molecule has 0 spiro atoms. The Balaban J connectivity index is 2.68. The molecule has 88 valence electrons. The SMILES string of the molecule is COc1ccccc1-c1sc(=S)[nH]c1C(=O)O. The van der Waals surface area contributed by atoms with Crippen LogP contribution in [0.4, 0.5) is 0 Å². The van der Waals surface area contributed by atoms with Gasteiger partial charge in [-0.15, -0.1) is 11.3 Å². The van der Waals surface area contributed by atoms with Gasteiger partial charge in [0, 0.05) is 5.56 Å². The number of nitrogens with one attached hydrogen (secondary N) is 1. The summed E-state index contributed by atoms with van der Waals surface area (Å²) < 4.78 is 5.64. The van der Waals surface area contributed by atoms with E-state index in [9.17, 15) is 4.79 Å². The average molecular weight is 267 g/mol. The number of aromatic amines is 1. The average Bonchev–Trinajstić information content (AvgIpc) is 2.71. The maximum atomic E-state index is 11.1. The van der Waals surface area contributed by atoms with Crippen molar-refractivity contribution in [1.29, 1.82) is 0 Å². The number of aromatic carboxylic acids is 1. The van der Waals surface area contributed by atoms with Crippen LogP contribution >= 0.6 is 23.6 Å². The fourth-order valence-electron chi connectivity index (χ4n) is 1.50. The summed E-state index contributed by atoms with van der Waals surface area (Å²) in [6.07, 6.45) is 0. The third-order valence-corrected chi connectivity index (χ3v) is 3.48. The van der Waals surface area contributed by atoms with Crippen LogP contribution in [0, 0.1) is 3.95 Å². The zero-order valence-electron chi connectivity index (χ0n) is 8.89. The van der Waals surface area contributed by atoms with E-state index in [0.717, 1.165) is 5.56 Å². The zero-order valence-corrected chi connectivity index (χ0v) is 10.5. The fourth-order valence-corrected chi connectivity index (χ4v) is 2.71. The summed E-state index contributed by atoms with van der Waals surface area (Å²) in [6.45, 7) is 0. The first-order valence-corrected chi connectivity index (χ1v) is 5.95. The van der Waals surface area contributed by atoms with E-state index >= 15 is 0 Å². The van der Waals surface area contributed by atoms with Gasteiger partial charge in [-0.1, -0.05) is 12.1 Å². The number of para-hydroxylation sites is 1. The van der Waals surface area contributed by atoms with Crippen LogP contribution in [0.25, 0.3) is 10.4 Å². The molecule has 0 aliphatic carbocycles. The van der Waals surface area contributed by atoms with Gasteiger partial charge in [0.2, 0.25) is 0 Å². The Morgan fingerprint density at radius 1 is 1.47 bits per heavy atom. The van der Waals surface area contributed by atoms with Crippen molar-refractivity contribution < 1.29 is 14.6 Å². The van der Waals surface area contributed by atoms with Gasteiger partial charge in [0.1, 0.15) is 11.4 Å². The highest BCUT2D eigenvalue weighted by molar-refractivity contribution is 7.73. The molecule has 1 heterocycles. The molecule has 6 heteroatoms. The summed E-state index contributed by atoms with van der Waals surface area (Å²) in [5.41, 5.74) is 0.828. The van der Waals surface area contributed by atoms with Crippen molar-refractivity contribution in [2.45, 2.75) is 0 Å². The molecule has 0 saturated carbocycles. The number of thiazole rings is 1. The number of aromatic nitrogens is 1. The lowest BCUT2D eigenvalue weighted by Crippen LogP contribution is -1.99. The molecule has 0 aliphatic heterocycles. The zero-order chi connectivity index (χ0) is 12.4. The second-order valence-corrected chi connectivity index (χ2v) is 4.91. The Labute approximate surface area is 107 Å². The molecule has 1 aromatic carbocycles. The smallest absolute Gasteiger partial charge is 0.353 e. The molecule has 2 rings (SSSR count). The van der Waals surface area contributed by atoms with Crippen molar-refractivity contribution in [3.63, 3.8) is 0 Å². The minimum absolute atomic E-state index is 0.101. The van der Waals surface area contributed by atoms with Gasteiger partial charge in [-0.3, -0.25) is 0 Å². The van der Waals surface area contributed by atoms with Crippen molar-refractivity contribution in [2.24, 2.45) is 0 Å². The Kier molecular flexibility index (Phi) is 3.26. The topological polar surface area (TPSA) is 62.3 Å². The number of hydrogen-bond donors (Lipinski definition) is 2. The second kappa shape index (κ2) is 4.68. The lowest BCUT2D eigenvalue weighted by molar-refractivity contribution is 0.0692. The van der Waals surface area contributed by atoms with E-state index < -0.39 is 5.97 Å². The molecular weight excluding hydrogens is 258 g/mol. The minimum Gasteiger partial charge on any atom is -0.496 e. The molecule has 2 N–H and O–H groups in total. The summed E-state index contributed by atoms with van der Waals surface area (Å²) in [7, 11) is 1.55. The number of H-pyrrole nitrogens is 1. The Morgan fingerprint density at radius 3 is 2.82 bits per heavy atom. The number of rotatable bonds is 3. The van der Waals surface area contributed by atoms with Gasteiger partial charge in [-0.05, 0) is 24.4 Å². The van der Waals surface area contributed by atoms with Crippen LogP contribution in [-0.2, 0) is 0 Å². The summed E-state index contributed by atoms with van der Waals surface area (Å²) >= 11 is 6.20. The molecule has 0 radical (unpaired) electrons. The summed E-state index contributed by atoms with van der Waals surface area (Å²) in [4.78, 5) is 14.4. The van der Waals surface area contributed by atoms with E-state index in [4.69, 9.17) is 22.1 Å². The molecular formula is C11H9NO3S2. The van der Waals surface area contributed by atoms with Crippen LogP contribution in [0.1, 0.15) is 10.5 Å². The van der Waals surface area contributed by atoms with Crippen LogP contribution in [0.5, 0.6) is 5.75 Å². The largest absolute Gasteiger partial charge is 0.496 e. The first kappa shape index (κ1) is 11.8. The maximum Gasteiger partial charge on any atom is 0.353 e. The molecule has 2 aromatic rings. The molecule has 0 bridgehead atoms. The number of carboxylic acids is 1. The van der Waals surface area contributed by atoms with Gasteiger partial charge < -0.3 is 14.8 Å². The van der Waals surface area contributed by atoms with Crippen LogP contribution in [-0.4, -0.2) is 23.2 Å². The Morgan fingerprint density at radius 2 is 2.18 bits per heavy atom. The monoisotopic (exact) mass is 267 g/mol. The quantitative estimate of drug-likeness (QED) is 0.838. The third kappa shape index (κ3) is 2.22. The number of methoxy groups -OCH3 is 1. The van der Waals surface area contributed by atoms with Crippen LogP contribution in [0.2, 0.25) is 0 Å². The molecule has 1 aromatic heterocycles. The minimum atomic E-state index is -1.03. The van der Waals surface area contributed by atoms with Gasteiger partial charge >= 0.3 is 5.97 Å². The Hall–Kier alpha value is -1.66. The lowest BCUT2D eigenvalue weighted by atomic mass is 10.1. The number of carbonyl (C=O) groups is 1. The van der Waals surface area contributed by atoms with E-state index in [0.29, 0.717) is 14.6 Å². The highest BCUT2D eigenvalue weighted by Crippen LogP contribution is 2.35. The normalized spacial score (nSPS) is 10.2. The van der Waals surface area contributed by atoms with Gasteiger partial charge in [-0.25, -0.2) is 4.79 Å². The second-order valence-electron chi connectivity index (χ2n) is 3.22. The Bertz CT molecular complexity index is 615. The first-order chi connectivity index (χ1) is 8.13. The fraction of sp³-hybridized carbons (Fsp3) is 0.0909. The third-order valence-electron chi connectivity index (χ3n) is 2.21. The van der Waals surface area contributed by atoms with E-state index in [2.05, 4.69) is 4.98 Å². The molecule has 17 heavy (non-hydrogen) atoms. The van der Waals surface area contributed by atoms with Crippen LogP contribution in [0.15, 0.2) is 24.3 Å². The summed E-state index contributed by atoms with van der Waals surface area (Å²) in [6, 6.07) is 7.24. The van der Waals surface area contributed by atoms with Crippen molar-refractivity contribution >= 4 is 29.5 Å². The molecule has 4 nitrogen and oxygen atoms in total. The van der Waals surface area contributed by atoms with E-state index in [1.54, 1.807) is 19.2 Å². The van der Waals surface area contributed by atoms with Crippen molar-refractivity contribution in [2.75, 3.05) is 7.11 Å². The van der Waals surface area contributed by atoms with Gasteiger partial charge in [0.05, 0.1) is 12.0 Å². The van der Waals surface area contributed by atoms with Crippen molar-refractivity contribution in [3.8, 4) is 16.2 Å². The summed E-state index contributed by atoms with van der Waals surface area (Å²) in [5.74, 6) is -0.404. The van der Waals surface area contributed by atoms with Gasteiger partial charge in [0.15, 0.2) is 3.95 Å². The number of carboxylic acid groups (broad SMARTS) is 1. The molecule has 0 saturated heterocycles. The van der Waals surface area contributed by atoms with E-state index in [1.165, 1.54) is 11.3 Å². The number of benzene rings is 1. The van der Waals surface area contributed by atoms with Gasteiger partial charge in [0.25, 0.3) is 0 Å². The predicted molar refractivity (Wildman–Crippen MR) is 68.5 cm³/mol. The predicted octanol–water partition coefficient (Wildman–Crippen LogP) is 3.18. The van der Waals surface area contributed by atoms with Crippen molar-refractivity contribution in [1.82, 2.24) is 4.98 Å². The van der Waals surface area contributed by atoms with E-state index in [1.807, 2.05) is 12.1 Å². The summed E-state index contributed by atoms with van der Waals surface area (Å²) in [5, 5.41) is 9.09. The lowest BCUT2D eigenvalue weighted by Gasteiger charge is -2.06. The van der Waals surface area contributed by atoms with Crippen LogP contribution in [0.3, 0.4) is 0 Å². The highest BCUT2D eigenvalue weighted by atomic mass is 32.1. The molecule has 0 atom stereocenters. The number of ether oxygens (including phenoxy) is 1. The molecule has 0 aliphatic rings. The molecule has 0 fully saturated rings. The highest BCUT2D eigenvalue weighted by Gasteiger charge is 2.17. The first-order valence-electron chi connectivity index (χ1n) is 4.73. The molecule has 0 amide bonds. The van der Waals surface area contributed by atoms with Gasteiger partial charge in [-0.2, -0.15) is 0 Å². The maximum absolute atomic E-state index is 11.1. The number of hydrogen-bond acceptors (Lipinski definition) is 4.